The Labute approximate surface area is 195 Å². The van der Waals surface area contributed by atoms with E-state index in [2.05, 4.69) is 4.99 Å². The van der Waals surface area contributed by atoms with Gasteiger partial charge in [0.1, 0.15) is 6.61 Å². The summed E-state index contributed by atoms with van der Waals surface area (Å²) in [5.41, 5.74) is 2.42. The average Bonchev–Trinajstić information content (AvgIpc) is 3.15. The Kier molecular flexibility index (Phi) is 6.78. The molecule has 0 bridgehead atoms. The van der Waals surface area contributed by atoms with Crippen LogP contribution in [0.3, 0.4) is 0 Å². The molecule has 0 N–H and O–H groups in total. The number of cyclic esters (lactones) is 1. The Morgan fingerprint density at radius 3 is 2.59 bits per heavy atom. The summed E-state index contributed by atoms with van der Waals surface area (Å²) in [7, 11) is 0. The van der Waals surface area contributed by atoms with Crippen LogP contribution < -0.4 is 9.47 Å². The maximum atomic E-state index is 12.3. The summed E-state index contributed by atoms with van der Waals surface area (Å²) in [5, 5.41) is 1.17. The molecular formula is C25H19Cl2NO4. The van der Waals surface area contributed by atoms with Crippen LogP contribution in [0.5, 0.6) is 11.5 Å². The highest BCUT2D eigenvalue weighted by molar-refractivity contribution is 6.31. The van der Waals surface area contributed by atoms with E-state index in [1.54, 1.807) is 42.5 Å². The quantitative estimate of drug-likeness (QED) is 0.301. The number of esters is 1. The molecule has 1 aliphatic rings. The highest BCUT2D eigenvalue weighted by Gasteiger charge is 2.24. The van der Waals surface area contributed by atoms with Crippen LogP contribution in [-0.2, 0) is 16.1 Å². The van der Waals surface area contributed by atoms with Gasteiger partial charge in [0.05, 0.1) is 6.61 Å². The summed E-state index contributed by atoms with van der Waals surface area (Å²) in [6.07, 6.45) is 1.64. The van der Waals surface area contributed by atoms with Gasteiger partial charge in [-0.3, -0.25) is 0 Å². The highest BCUT2D eigenvalue weighted by atomic mass is 35.5. The first-order valence-electron chi connectivity index (χ1n) is 9.95. The first-order valence-corrected chi connectivity index (χ1v) is 10.7. The van der Waals surface area contributed by atoms with Crippen LogP contribution in [-0.4, -0.2) is 18.5 Å². The molecule has 0 spiro atoms. The number of nitrogens with zero attached hydrogens (tertiary/aromatic N) is 1. The monoisotopic (exact) mass is 467 g/mol. The summed E-state index contributed by atoms with van der Waals surface area (Å²) in [6, 6.07) is 19.9. The number of aliphatic imine (C=N–C) groups is 1. The molecule has 3 aromatic carbocycles. The van der Waals surface area contributed by atoms with Crippen LogP contribution in [0, 0.1) is 0 Å². The zero-order valence-corrected chi connectivity index (χ0v) is 18.7. The van der Waals surface area contributed by atoms with Crippen molar-refractivity contribution in [3.05, 3.63) is 99.2 Å². The van der Waals surface area contributed by atoms with Crippen molar-refractivity contribution in [1.29, 1.82) is 0 Å². The van der Waals surface area contributed by atoms with Crippen molar-refractivity contribution in [2.75, 3.05) is 6.61 Å². The summed E-state index contributed by atoms with van der Waals surface area (Å²) in [5.74, 6) is 0.816. The smallest absolute Gasteiger partial charge is 0.363 e. The standard InChI is InChI=1S/C25H19Cl2NO4/c1-2-30-23-13-16(10-11-22(23)31-15-18-6-3-4-9-20(18)27)12-21-25(29)32-24(28-21)17-7-5-8-19(26)14-17/h3-14H,2,15H2,1H3/b21-12-. The molecule has 0 unspecified atom stereocenters. The molecular weight excluding hydrogens is 449 g/mol. The van der Waals surface area contributed by atoms with Gasteiger partial charge in [-0.15, -0.1) is 0 Å². The predicted octanol–water partition coefficient (Wildman–Crippen LogP) is 6.32. The van der Waals surface area contributed by atoms with Crippen LogP contribution in [0.25, 0.3) is 6.08 Å². The summed E-state index contributed by atoms with van der Waals surface area (Å²) in [6.45, 7) is 2.65. The Morgan fingerprint density at radius 2 is 1.81 bits per heavy atom. The zero-order valence-electron chi connectivity index (χ0n) is 17.2. The lowest BCUT2D eigenvalue weighted by atomic mass is 10.1. The fraction of sp³-hybridized carbons (Fsp3) is 0.120. The fourth-order valence-electron chi connectivity index (χ4n) is 3.08. The van der Waals surface area contributed by atoms with Crippen molar-refractivity contribution in [3.63, 3.8) is 0 Å². The first kappa shape index (κ1) is 21.9. The predicted molar refractivity (Wildman–Crippen MR) is 125 cm³/mol. The average molecular weight is 468 g/mol. The lowest BCUT2D eigenvalue weighted by molar-refractivity contribution is -0.129. The van der Waals surface area contributed by atoms with Crippen LogP contribution in [0.4, 0.5) is 0 Å². The fourth-order valence-corrected chi connectivity index (χ4v) is 3.47. The van der Waals surface area contributed by atoms with Gasteiger partial charge >= 0.3 is 5.97 Å². The van der Waals surface area contributed by atoms with Crippen molar-refractivity contribution in [2.24, 2.45) is 4.99 Å². The zero-order chi connectivity index (χ0) is 22.5. The van der Waals surface area contributed by atoms with Crippen LogP contribution in [0.2, 0.25) is 10.0 Å². The van der Waals surface area contributed by atoms with E-state index in [4.69, 9.17) is 37.4 Å². The topological polar surface area (TPSA) is 57.1 Å². The van der Waals surface area contributed by atoms with Gasteiger partial charge in [0, 0.05) is 21.2 Å². The van der Waals surface area contributed by atoms with Crippen molar-refractivity contribution >= 4 is 41.1 Å². The summed E-state index contributed by atoms with van der Waals surface area (Å²) < 4.78 is 17.0. The van der Waals surface area contributed by atoms with Crippen molar-refractivity contribution in [1.82, 2.24) is 0 Å². The van der Waals surface area contributed by atoms with E-state index >= 15 is 0 Å². The second-order valence-electron chi connectivity index (χ2n) is 6.87. The van der Waals surface area contributed by atoms with Crippen LogP contribution in [0.15, 0.2) is 77.4 Å². The van der Waals surface area contributed by atoms with E-state index in [1.165, 1.54) is 0 Å². The number of ether oxygens (including phenoxy) is 3. The molecule has 0 aliphatic carbocycles. The Morgan fingerprint density at radius 1 is 0.969 bits per heavy atom. The van der Waals surface area contributed by atoms with E-state index < -0.39 is 5.97 Å². The van der Waals surface area contributed by atoms with Gasteiger partial charge in [0.2, 0.25) is 5.90 Å². The summed E-state index contributed by atoms with van der Waals surface area (Å²) in [4.78, 5) is 16.6. The Balaban J connectivity index is 1.57. The third-order valence-electron chi connectivity index (χ3n) is 4.60. The number of hydrogen-bond donors (Lipinski definition) is 0. The minimum Gasteiger partial charge on any atom is -0.490 e. The molecule has 0 fully saturated rings. The minimum absolute atomic E-state index is 0.187. The number of rotatable bonds is 7. The second kappa shape index (κ2) is 9.90. The molecule has 3 aromatic rings. The van der Waals surface area contributed by atoms with Gasteiger partial charge in [0.15, 0.2) is 17.2 Å². The SMILES string of the molecule is CCOc1cc(/C=C2\N=C(c3cccc(Cl)c3)OC2=O)ccc1OCc1ccccc1Cl. The third kappa shape index (κ3) is 5.13. The first-order chi connectivity index (χ1) is 15.5. The molecule has 0 amide bonds. The largest absolute Gasteiger partial charge is 0.490 e. The van der Waals surface area contributed by atoms with Crippen molar-refractivity contribution in [3.8, 4) is 11.5 Å². The number of benzene rings is 3. The molecule has 7 heteroatoms. The van der Waals surface area contributed by atoms with Gasteiger partial charge in [-0.25, -0.2) is 9.79 Å². The molecule has 0 atom stereocenters. The molecule has 1 aliphatic heterocycles. The molecule has 0 radical (unpaired) electrons. The molecule has 0 aromatic heterocycles. The van der Waals surface area contributed by atoms with E-state index in [0.29, 0.717) is 40.3 Å². The molecule has 5 nitrogen and oxygen atoms in total. The molecule has 0 saturated heterocycles. The minimum atomic E-state index is -0.531. The normalized spacial score (nSPS) is 14.3. The number of halogens is 2. The lowest BCUT2D eigenvalue weighted by Crippen LogP contribution is -2.05. The molecule has 162 valence electrons. The highest BCUT2D eigenvalue weighted by Crippen LogP contribution is 2.31. The second-order valence-corrected chi connectivity index (χ2v) is 7.71. The maximum absolute atomic E-state index is 12.3. The van der Waals surface area contributed by atoms with E-state index in [0.717, 1.165) is 11.1 Å². The lowest BCUT2D eigenvalue weighted by Gasteiger charge is -2.13. The van der Waals surface area contributed by atoms with Gasteiger partial charge < -0.3 is 14.2 Å². The van der Waals surface area contributed by atoms with E-state index in [9.17, 15) is 4.79 Å². The number of carbonyl (C=O) groups excluding carboxylic acids is 1. The van der Waals surface area contributed by atoms with Crippen molar-refractivity contribution < 1.29 is 19.0 Å². The van der Waals surface area contributed by atoms with Crippen LogP contribution in [0.1, 0.15) is 23.6 Å². The molecule has 4 rings (SSSR count). The molecule has 32 heavy (non-hydrogen) atoms. The summed E-state index contributed by atoms with van der Waals surface area (Å²) >= 11 is 12.2. The third-order valence-corrected chi connectivity index (χ3v) is 5.21. The van der Waals surface area contributed by atoms with Crippen LogP contribution >= 0.6 is 23.2 Å². The van der Waals surface area contributed by atoms with E-state index in [-0.39, 0.29) is 11.6 Å². The number of carbonyl (C=O) groups is 1. The van der Waals surface area contributed by atoms with Gasteiger partial charge in [-0.05, 0) is 55.0 Å². The van der Waals surface area contributed by atoms with Gasteiger partial charge in [-0.2, -0.15) is 0 Å². The Hall–Kier alpha value is -3.28. The molecule has 1 heterocycles. The maximum Gasteiger partial charge on any atom is 0.363 e. The number of hydrogen-bond acceptors (Lipinski definition) is 5. The van der Waals surface area contributed by atoms with Crippen molar-refractivity contribution in [2.45, 2.75) is 13.5 Å². The molecule has 0 saturated carbocycles. The van der Waals surface area contributed by atoms with Gasteiger partial charge in [0.25, 0.3) is 0 Å². The van der Waals surface area contributed by atoms with E-state index in [1.807, 2.05) is 37.3 Å². The van der Waals surface area contributed by atoms with Gasteiger partial charge in [-0.1, -0.05) is 53.5 Å². The Bertz CT molecular complexity index is 1220.